The van der Waals surface area contributed by atoms with E-state index in [2.05, 4.69) is 0 Å². The molecular formula is C25H21ClN2O4. The van der Waals surface area contributed by atoms with Gasteiger partial charge in [0.1, 0.15) is 11.7 Å². The SMILES string of the molecule is CCOc1ccc([C@@H]2[C@@H]3C(=O)N(c4ccccc4Cl)C(=O)[C@@H]3ON2c2ccccc2)cc1. The van der Waals surface area contributed by atoms with Crippen LogP contribution in [0.25, 0.3) is 0 Å². The Labute approximate surface area is 190 Å². The molecule has 0 aliphatic carbocycles. The lowest BCUT2D eigenvalue weighted by molar-refractivity contribution is -0.126. The van der Waals surface area contributed by atoms with Crippen molar-refractivity contribution in [1.29, 1.82) is 0 Å². The molecule has 7 heteroatoms. The first-order chi connectivity index (χ1) is 15.6. The highest BCUT2D eigenvalue weighted by Crippen LogP contribution is 2.48. The number of ether oxygens (including phenoxy) is 1. The van der Waals surface area contributed by atoms with Crippen LogP contribution < -0.4 is 14.7 Å². The summed E-state index contributed by atoms with van der Waals surface area (Å²) in [7, 11) is 0. The average Bonchev–Trinajstić information content (AvgIpc) is 3.32. The molecule has 2 fully saturated rings. The summed E-state index contributed by atoms with van der Waals surface area (Å²) in [4.78, 5) is 34.2. The second kappa shape index (κ2) is 8.30. The quantitative estimate of drug-likeness (QED) is 0.525. The Kier molecular flexibility index (Phi) is 5.33. The fourth-order valence-corrected chi connectivity index (χ4v) is 4.57. The summed E-state index contributed by atoms with van der Waals surface area (Å²) in [6, 6.07) is 23.4. The summed E-state index contributed by atoms with van der Waals surface area (Å²) >= 11 is 6.31. The lowest BCUT2D eigenvalue weighted by Crippen LogP contribution is -2.37. The molecule has 6 nitrogen and oxygen atoms in total. The highest BCUT2D eigenvalue weighted by Gasteiger charge is 2.60. The molecule has 3 atom stereocenters. The van der Waals surface area contributed by atoms with Crippen LogP contribution in [-0.4, -0.2) is 24.5 Å². The third kappa shape index (κ3) is 3.32. The predicted molar refractivity (Wildman–Crippen MR) is 122 cm³/mol. The Morgan fingerprint density at radius 3 is 2.28 bits per heavy atom. The molecule has 2 heterocycles. The first kappa shape index (κ1) is 20.5. The Morgan fingerprint density at radius 2 is 1.59 bits per heavy atom. The number of hydroxylamine groups is 1. The van der Waals surface area contributed by atoms with Gasteiger partial charge in [-0.15, -0.1) is 0 Å². The second-order valence-corrected chi connectivity index (χ2v) is 8.03. The van der Waals surface area contributed by atoms with E-state index in [1.807, 2.05) is 61.5 Å². The lowest BCUT2D eigenvalue weighted by Gasteiger charge is -2.29. The minimum atomic E-state index is -0.935. The Bertz CT molecular complexity index is 1150. The van der Waals surface area contributed by atoms with Crippen LogP contribution in [0.5, 0.6) is 5.75 Å². The summed E-state index contributed by atoms with van der Waals surface area (Å²) in [5, 5.41) is 2.01. The van der Waals surface area contributed by atoms with Crippen molar-refractivity contribution < 1.29 is 19.2 Å². The lowest BCUT2D eigenvalue weighted by atomic mass is 9.90. The first-order valence-electron chi connectivity index (χ1n) is 10.5. The van der Waals surface area contributed by atoms with Gasteiger partial charge in [-0.2, -0.15) is 0 Å². The summed E-state index contributed by atoms with van der Waals surface area (Å²) in [5.41, 5.74) is 2.00. The molecule has 5 rings (SSSR count). The molecule has 0 radical (unpaired) electrons. The van der Waals surface area contributed by atoms with E-state index in [1.54, 1.807) is 29.3 Å². The van der Waals surface area contributed by atoms with E-state index in [0.29, 0.717) is 17.3 Å². The highest BCUT2D eigenvalue weighted by atomic mass is 35.5. The first-order valence-corrected chi connectivity index (χ1v) is 10.8. The summed E-state index contributed by atoms with van der Waals surface area (Å²) in [6.07, 6.45) is -0.935. The minimum Gasteiger partial charge on any atom is -0.494 e. The van der Waals surface area contributed by atoms with E-state index >= 15 is 0 Å². The van der Waals surface area contributed by atoms with Crippen molar-refractivity contribution in [2.24, 2.45) is 5.92 Å². The molecule has 0 spiro atoms. The van der Waals surface area contributed by atoms with Crippen LogP contribution in [0.15, 0.2) is 78.9 Å². The van der Waals surface area contributed by atoms with Gasteiger partial charge >= 0.3 is 0 Å². The van der Waals surface area contributed by atoms with Crippen LogP contribution in [0.4, 0.5) is 11.4 Å². The molecule has 32 heavy (non-hydrogen) atoms. The number of rotatable bonds is 5. The Hall–Kier alpha value is -3.35. The minimum absolute atomic E-state index is 0.328. The number of fused-ring (bicyclic) bond motifs is 1. The van der Waals surface area contributed by atoms with Crippen LogP contribution in [0, 0.1) is 5.92 Å². The van der Waals surface area contributed by atoms with Gasteiger partial charge in [0.05, 0.1) is 29.0 Å². The van der Waals surface area contributed by atoms with E-state index in [-0.39, 0.29) is 5.91 Å². The van der Waals surface area contributed by atoms with E-state index in [4.69, 9.17) is 21.2 Å². The number of carbonyl (C=O) groups excluding carboxylic acids is 2. The van der Waals surface area contributed by atoms with Crippen molar-refractivity contribution in [3.63, 3.8) is 0 Å². The molecule has 2 saturated heterocycles. The average molecular weight is 449 g/mol. The molecule has 3 aromatic carbocycles. The molecule has 0 unspecified atom stereocenters. The molecular weight excluding hydrogens is 428 g/mol. The van der Waals surface area contributed by atoms with E-state index in [9.17, 15) is 9.59 Å². The van der Waals surface area contributed by atoms with Gasteiger partial charge in [0.25, 0.3) is 5.91 Å². The van der Waals surface area contributed by atoms with Gasteiger partial charge in [-0.1, -0.05) is 54.1 Å². The summed E-state index contributed by atoms with van der Waals surface area (Å²) < 4.78 is 5.56. The maximum atomic E-state index is 13.6. The molecule has 0 aromatic heterocycles. The highest BCUT2D eigenvalue weighted by molar-refractivity contribution is 6.36. The zero-order valence-corrected chi connectivity index (χ0v) is 18.1. The molecule has 0 bridgehead atoms. The maximum absolute atomic E-state index is 13.6. The normalized spacial score (nSPS) is 22.4. The van der Waals surface area contributed by atoms with E-state index < -0.39 is 24.0 Å². The number of carbonyl (C=O) groups is 2. The third-order valence-electron chi connectivity index (χ3n) is 5.75. The van der Waals surface area contributed by atoms with Crippen LogP contribution >= 0.6 is 11.6 Å². The van der Waals surface area contributed by atoms with Gasteiger partial charge in [-0.05, 0) is 48.9 Å². The number of nitrogens with zero attached hydrogens (tertiary/aromatic N) is 2. The number of hydrogen-bond donors (Lipinski definition) is 0. The van der Waals surface area contributed by atoms with Crippen molar-refractivity contribution in [2.75, 3.05) is 16.6 Å². The molecule has 2 aliphatic rings. The predicted octanol–water partition coefficient (Wildman–Crippen LogP) is 4.79. The topological polar surface area (TPSA) is 59.1 Å². The van der Waals surface area contributed by atoms with Gasteiger partial charge in [0.15, 0.2) is 6.10 Å². The molecule has 0 saturated carbocycles. The van der Waals surface area contributed by atoms with Gasteiger partial charge in [-0.3, -0.25) is 14.4 Å². The number of anilines is 2. The van der Waals surface area contributed by atoms with Gasteiger partial charge in [0.2, 0.25) is 5.91 Å². The van der Waals surface area contributed by atoms with Crippen molar-refractivity contribution >= 4 is 34.8 Å². The van der Waals surface area contributed by atoms with Crippen molar-refractivity contribution in [3.8, 4) is 5.75 Å². The van der Waals surface area contributed by atoms with Gasteiger partial charge in [0, 0.05) is 0 Å². The maximum Gasteiger partial charge on any atom is 0.266 e. The number of imide groups is 1. The molecule has 2 aliphatic heterocycles. The summed E-state index contributed by atoms with van der Waals surface area (Å²) in [5.74, 6) is -0.714. The van der Waals surface area contributed by atoms with Gasteiger partial charge in [-0.25, -0.2) is 9.96 Å². The number of para-hydroxylation sites is 2. The van der Waals surface area contributed by atoms with Crippen LogP contribution in [0.3, 0.4) is 0 Å². The van der Waals surface area contributed by atoms with Crippen LogP contribution in [-0.2, 0) is 14.4 Å². The van der Waals surface area contributed by atoms with Crippen molar-refractivity contribution in [3.05, 3.63) is 89.4 Å². The second-order valence-electron chi connectivity index (χ2n) is 7.62. The largest absolute Gasteiger partial charge is 0.494 e. The van der Waals surface area contributed by atoms with Crippen LogP contribution in [0.2, 0.25) is 5.02 Å². The van der Waals surface area contributed by atoms with Crippen molar-refractivity contribution in [1.82, 2.24) is 0 Å². The number of benzene rings is 3. The number of amides is 2. The van der Waals surface area contributed by atoms with E-state index in [1.165, 1.54) is 0 Å². The van der Waals surface area contributed by atoms with E-state index in [0.717, 1.165) is 21.9 Å². The van der Waals surface area contributed by atoms with Crippen LogP contribution in [0.1, 0.15) is 18.5 Å². The molecule has 0 N–H and O–H groups in total. The molecule has 2 amide bonds. The van der Waals surface area contributed by atoms with Crippen molar-refractivity contribution in [2.45, 2.75) is 19.1 Å². The summed E-state index contributed by atoms with van der Waals surface area (Å²) in [6.45, 7) is 2.49. The molecule has 3 aromatic rings. The molecule has 162 valence electrons. The fraction of sp³-hybridized carbons (Fsp3) is 0.200. The fourth-order valence-electron chi connectivity index (χ4n) is 4.35. The Balaban J connectivity index is 1.57. The zero-order valence-electron chi connectivity index (χ0n) is 17.4. The number of halogens is 1. The zero-order chi connectivity index (χ0) is 22.2. The number of hydrogen-bond acceptors (Lipinski definition) is 5. The Morgan fingerprint density at radius 1 is 0.906 bits per heavy atom. The van der Waals surface area contributed by atoms with Gasteiger partial charge < -0.3 is 4.74 Å². The third-order valence-corrected chi connectivity index (χ3v) is 6.07. The standard InChI is InChI=1S/C25H21ClN2O4/c1-2-31-18-14-12-16(13-15-18)22-21-23(32-28(22)17-8-4-3-5-9-17)25(30)27(24(21)29)20-11-7-6-10-19(20)26/h3-15,21-23H,2H2,1H3/t21-,22+,23+/m0/s1. The smallest absolute Gasteiger partial charge is 0.266 e. The monoisotopic (exact) mass is 448 g/mol.